The molecule has 0 spiro atoms. The maximum atomic E-state index is 12.5. The summed E-state index contributed by atoms with van der Waals surface area (Å²) in [4.78, 5) is 28.6. The summed E-state index contributed by atoms with van der Waals surface area (Å²) in [7, 11) is 1.67. The topological polar surface area (TPSA) is 90.7 Å². The number of carboxylic acids is 1. The number of ether oxygens (including phenoxy) is 2. The van der Waals surface area contributed by atoms with Crippen molar-refractivity contribution in [3.63, 3.8) is 0 Å². The monoisotopic (exact) mass is 430 g/mol. The van der Waals surface area contributed by atoms with Crippen LogP contribution in [0.1, 0.15) is 27.3 Å². The average molecular weight is 430 g/mol. The molecule has 1 heterocycles. The highest BCUT2D eigenvalue weighted by atomic mass is 16.5. The number of hydrogen-bond acceptors (Lipinski definition) is 5. The first-order valence-electron chi connectivity index (χ1n) is 10.1. The number of rotatable bonds is 7. The van der Waals surface area contributed by atoms with Crippen LogP contribution in [0.15, 0.2) is 71.5 Å². The normalized spacial score (nSPS) is 10.8. The van der Waals surface area contributed by atoms with Crippen molar-refractivity contribution in [2.75, 3.05) is 0 Å². The molecule has 0 amide bonds. The fourth-order valence-corrected chi connectivity index (χ4v) is 3.51. The third-order valence-electron chi connectivity index (χ3n) is 5.22. The zero-order valence-electron chi connectivity index (χ0n) is 17.7. The summed E-state index contributed by atoms with van der Waals surface area (Å²) >= 11 is 0. The van der Waals surface area contributed by atoms with Gasteiger partial charge in [-0.25, -0.2) is 9.78 Å². The van der Waals surface area contributed by atoms with Crippen LogP contribution >= 0.6 is 0 Å². The zero-order valence-corrected chi connectivity index (χ0v) is 17.7. The van der Waals surface area contributed by atoms with E-state index in [1.807, 2.05) is 12.1 Å². The van der Waals surface area contributed by atoms with E-state index in [1.54, 1.807) is 68.6 Å². The number of aromatic nitrogens is 2. The molecule has 0 bridgehead atoms. The number of aromatic carboxylic acids is 1. The Morgan fingerprint density at radius 1 is 0.969 bits per heavy atom. The Bertz CT molecular complexity index is 1360. The SMILES string of the molecule is Cc1cccc(COc2cccc(OCc3nc4ccccc4c(=O)n3C)c2)c1C(=O)O. The minimum absolute atomic E-state index is 0.112. The number of aryl methyl sites for hydroxylation is 1. The molecule has 0 fully saturated rings. The molecule has 0 aliphatic heterocycles. The van der Waals surface area contributed by atoms with Gasteiger partial charge in [0.2, 0.25) is 0 Å². The Hall–Kier alpha value is -4.13. The molecule has 0 radical (unpaired) electrons. The summed E-state index contributed by atoms with van der Waals surface area (Å²) in [5.41, 5.74) is 2.03. The summed E-state index contributed by atoms with van der Waals surface area (Å²) in [5, 5.41) is 10.0. The molecule has 0 aliphatic rings. The van der Waals surface area contributed by atoms with E-state index < -0.39 is 5.97 Å². The van der Waals surface area contributed by atoms with Crippen LogP contribution in [-0.2, 0) is 20.3 Å². The van der Waals surface area contributed by atoms with Crippen LogP contribution in [0.4, 0.5) is 0 Å². The molecular weight excluding hydrogens is 408 g/mol. The van der Waals surface area contributed by atoms with Gasteiger partial charge in [0.05, 0.1) is 16.5 Å². The summed E-state index contributed by atoms with van der Waals surface area (Å²) in [6.07, 6.45) is 0. The summed E-state index contributed by atoms with van der Waals surface area (Å²) in [6.45, 7) is 1.99. The van der Waals surface area contributed by atoms with Gasteiger partial charge < -0.3 is 14.6 Å². The van der Waals surface area contributed by atoms with Gasteiger partial charge in [-0.2, -0.15) is 0 Å². The van der Waals surface area contributed by atoms with Crippen LogP contribution in [0.25, 0.3) is 10.9 Å². The first kappa shape index (κ1) is 21.1. The van der Waals surface area contributed by atoms with Crippen molar-refractivity contribution >= 4 is 16.9 Å². The molecule has 7 nitrogen and oxygen atoms in total. The number of para-hydroxylation sites is 1. The van der Waals surface area contributed by atoms with E-state index in [0.717, 1.165) is 0 Å². The van der Waals surface area contributed by atoms with Gasteiger partial charge in [0.25, 0.3) is 5.56 Å². The second kappa shape index (κ2) is 8.93. The van der Waals surface area contributed by atoms with Crippen LogP contribution in [0.2, 0.25) is 0 Å². The van der Waals surface area contributed by atoms with Crippen LogP contribution in [0.3, 0.4) is 0 Å². The second-order valence-electron chi connectivity index (χ2n) is 7.38. The maximum absolute atomic E-state index is 12.5. The lowest BCUT2D eigenvalue weighted by atomic mass is 10.0. The quantitative estimate of drug-likeness (QED) is 0.475. The number of hydrogen-bond donors (Lipinski definition) is 1. The van der Waals surface area contributed by atoms with Crippen molar-refractivity contribution in [1.29, 1.82) is 0 Å². The van der Waals surface area contributed by atoms with E-state index in [9.17, 15) is 14.7 Å². The lowest BCUT2D eigenvalue weighted by Gasteiger charge is -2.13. The van der Waals surface area contributed by atoms with Crippen LogP contribution in [0, 0.1) is 6.92 Å². The molecule has 32 heavy (non-hydrogen) atoms. The molecular formula is C25H22N2O5. The fourth-order valence-electron chi connectivity index (χ4n) is 3.51. The minimum Gasteiger partial charge on any atom is -0.489 e. The number of carbonyl (C=O) groups is 1. The molecule has 4 rings (SSSR count). The van der Waals surface area contributed by atoms with E-state index in [0.29, 0.717) is 39.4 Å². The van der Waals surface area contributed by atoms with Gasteiger partial charge >= 0.3 is 5.97 Å². The highest BCUT2D eigenvalue weighted by Crippen LogP contribution is 2.23. The van der Waals surface area contributed by atoms with Crippen LogP contribution in [-0.4, -0.2) is 20.6 Å². The van der Waals surface area contributed by atoms with Gasteiger partial charge in [-0.05, 0) is 36.8 Å². The Balaban J connectivity index is 1.49. The molecule has 3 aromatic carbocycles. The van der Waals surface area contributed by atoms with E-state index in [-0.39, 0.29) is 24.3 Å². The molecule has 1 aromatic heterocycles. The van der Waals surface area contributed by atoms with E-state index in [1.165, 1.54) is 4.57 Å². The van der Waals surface area contributed by atoms with Crippen molar-refractivity contribution in [3.8, 4) is 11.5 Å². The summed E-state index contributed by atoms with van der Waals surface area (Å²) < 4.78 is 13.2. The smallest absolute Gasteiger partial charge is 0.336 e. The predicted molar refractivity (Wildman–Crippen MR) is 120 cm³/mol. The third-order valence-corrected chi connectivity index (χ3v) is 5.22. The fraction of sp³-hybridized carbons (Fsp3) is 0.160. The molecule has 162 valence electrons. The standard InChI is InChI=1S/C25H22N2O5/c1-16-7-5-8-17(23(16)25(29)30)14-31-18-9-6-10-19(13-18)32-15-22-26-21-12-4-3-11-20(21)24(28)27(22)2/h3-13H,14-15H2,1-2H3,(H,29,30). The number of carboxylic acid groups (broad SMARTS) is 1. The van der Waals surface area contributed by atoms with Crippen molar-refractivity contribution in [1.82, 2.24) is 9.55 Å². The second-order valence-corrected chi connectivity index (χ2v) is 7.38. The van der Waals surface area contributed by atoms with Gasteiger partial charge in [-0.15, -0.1) is 0 Å². The van der Waals surface area contributed by atoms with E-state index in [4.69, 9.17) is 9.47 Å². The number of nitrogens with zero attached hydrogens (tertiary/aromatic N) is 2. The zero-order chi connectivity index (χ0) is 22.7. The highest BCUT2D eigenvalue weighted by molar-refractivity contribution is 5.91. The van der Waals surface area contributed by atoms with Crippen molar-refractivity contribution in [3.05, 3.63) is 99.6 Å². The predicted octanol–water partition coefficient (Wildman–Crippen LogP) is 4.10. The molecule has 0 unspecified atom stereocenters. The lowest BCUT2D eigenvalue weighted by molar-refractivity contribution is 0.0693. The molecule has 7 heteroatoms. The number of fused-ring (bicyclic) bond motifs is 1. The Labute approximate surface area is 184 Å². The maximum Gasteiger partial charge on any atom is 0.336 e. The van der Waals surface area contributed by atoms with Crippen molar-refractivity contribution in [2.45, 2.75) is 20.1 Å². The average Bonchev–Trinajstić information content (AvgIpc) is 2.79. The Morgan fingerprint density at radius 3 is 2.41 bits per heavy atom. The Kier molecular flexibility index (Phi) is 5.89. The van der Waals surface area contributed by atoms with E-state index in [2.05, 4.69) is 4.98 Å². The summed E-state index contributed by atoms with van der Waals surface area (Å²) in [5.74, 6) is 0.617. The van der Waals surface area contributed by atoms with Gasteiger partial charge in [0, 0.05) is 18.7 Å². The molecule has 0 saturated carbocycles. The minimum atomic E-state index is -0.979. The molecule has 0 aliphatic carbocycles. The molecule has 0 saturated heterocycles. The first-order valence-corrected chi connectivity index (χ1v) is 10.1. The van der Waals surface area contributed by atoms with Crippen molar-refractivity contribution < 1.29 is 19.4 Å². The van der Waals surface area contributed by atoms with E-state index >= 15 is 0 Å². The van der Waals surface area contributed by atoms with Gasteiger partial charge in [0.1, 0.15) is 30.5 Å². The van der Waals surface area contributed by atoms with Gasteiger partial charge in [-0.1, -0.05) is 36.4 Å². The molecule has 4 aromatic rings. The van der Waals surface area contributed by atoms with Crippen molar-refractivity contribution in [2.24, 2.45) is 7.05 Å². The largest absolute Gasteiger partial charge is 0.489 e. The lowest BCUT2D eigenvalue weighted by Crippen LogP contribution is -2.23. The van der Waals surface area contributed by atoms with Gasteiger partial charge in [0.15, 0.2) is 0 Å². The summed E-state index contributed by atoms with van der Waals surface area (Å²) in [6, 6.07) is 19.5. The molecule has 1 N–H and O–H groups in total. The van der Waals surface area contributed by atoms with Gasteiger partial charge in [-0.3, -0.25) is 9.36 Å². The first-order chi connectivity index (χ1) is 15.4. The van der Waals surface area contributed by atoms with Crippen LogP contribution < -0.4 is 15.0 Å². The highest BCUT2D eigenvalue weighted by Gasteiger charge is 2.13. The van der Waals surface area contributed by atoms with Crippen LogP contribution in [0.5, 0.6) is 11.5 Å². The third kappa shape index (κ3) is 4.32. The molecule has 0 atom stereocenters. The number of benzene rings is 3. The Morgan fingerprint density at radius 2 is 1.66 bits per heavy atom.